The highest BCUT2D eigenvalue weighted by Gasteiger charge is 2.55. The van der Waals surface area contributed by atoms with Gasteiger partial charge in [-0.05, 0) is 30.5 Å². The Morgan fingerprint density at radius 1 is 0.952 bits per heavy atom. The fourth-order valence-corrected chi connectivity index (χ4v) is 3.04. The predicted molar refractivity (Wildman–Crippen MR) is 84.4 cm³/mol. The molecule has 0 saturated heterocycles. The van der Waals surface area contributed by atoms with Gasteiger partial charge < -0.3 is 9.84 Å². The van der Waals surface area contributed by atoms with Gasteiger partial charge in [0.2, 0.25) is 0 Å². The van der Waals surface area contributed by atoms with E-state index in [1.54, 1.807) is 0 Å². The maximum absolute atomic E-state index is 11.0. The average molecular weight is 282 g/mol. The molecule has 0 aliphatic heterocycles. The first-order valence-electron chi connectivity index (χ1n) is 7.56. The summed E-state index contributed by atoms with van der Waals surface area (Å²) >= 11 is 0. The van der Waals surface area contributed by atoms with Crippen molar-refractivity contribution in [3.8, 4) is 5.75 Å². The molecule has 1 N–H and O–H groups in total. The summed E-state index contributed by atoms with van der Waals surface area (Å²) in [5.74, 6) is 0.868. The Kier molecular flexibility index (Phi) is 3.73. The van der Waals surface area contributed by atoms with E-state index in [2.05, 4.69) is 19.1 Å². The van der Waals surface area contributed by atoms with E-state index < -0.39 is 5.60 Å². The standard InChI is InChI=1S/C19H22O2/c1-18(15-21-17-10-6-3-7-11-17)12-13-19(18,20)14-16-8-4-2-5-9-16/h2-11,20H,12-15H2,1H3/t18-,19+/m0/s1. The van der Waals surface area contributed by atoms with Crippen LogP contribution in [0.15, 0.2) is 60.7 Å². The molecule has 1 aliphatic rings. The molecular weight excluding hydrogens is 260 g/mol. The van der Waals surface area contributed by atoms with Crippen LogP contribution in [0.4, 0.5) is 0 Å². The molecule has 0 heterocycles. The second-order valence-corrected chi connectivity index (χ2v) is 6.36. The minimum Gasteiger partial charge on any atom is -0.493 e. The summed E-state index contributed by atoms with van der Waals surface area (Å²) in [6, 6.07) is 20.0. The van der Waals surface area contributed by atoms with E-state index in [9.17, 15) is 5.11 Å². The molecule has 0 radical (unpaired) electrons. The molecule has 2 atom stereocenters. The molecule has 0 bridgehead atoms. The van der Waals surface area contributed by atoms with Crippen molar-refractivity contribution in [1.82, 2.24) is 0 Å². The van der Waals surface area contributed by atoms with E-state index in [0.29, 0.717) is 13.0 Å². The highest BCUT2D eigenvalue weighted by atomic mass is 16.5. The lowest BCUT2D eigenvalue weighted by Crippen LogP contribution is -2.59. The van der Waals surface area contributed by atoms with Gasteiger partial charge in [-0.15, -0.1) is 0 Å². The number of rotatable bonds is 5. The van der Waals surface area contributed by atoms with Gasteiger partial charge in [-0.25, -0.2) is 0 Å². The first kappa shape index (κ1) is 14.2. The topological polar surface area (TPSA) is 29.5 Å². The molecule has 0 unspecified atom stereocenters. The van der Waals surface area contributed by atoms with Crippen molar-refractivity contribution in [2.75, 3.05) is 6.61 Å². The molecule has 1 fully saturated rings. The molecular formula is C19H22O2. The lowest BCUT2D eigenvalue weighted by atomic mass is 9.56. The van der Waals surface area contributed by atoms with Crippen molar-refractivity contribution in [3.05, 3.63) is 66.2 Å². The lowest BCUT2D eigenvalue weighted by Gasteiger charge is -2.54. The van der Waals surface area contributed by atoms with E-state index >= 15 is 0 Å². The zero-order valence-corrected chi connectivity index (χ0v) is 12.5. The lowest BCUT2D eigenvalue weighted by molar-refractivity contribution is -0.171. The highest BCUT2D eigenvalue weighted by Crippen LogP contribution is 2.51. The third kappa shape index (κ3) is 2.81. The SMILES string of the molecule is C[C@@]1(COc2ccccc2)CC[C@@]1(O)Cc1ccccc1. The number of aliphatic hydroxyl groups is 1. The average Bonchev–Trinajstić information content (AvgIpc) is 2.53. The van der Waals surface area contributed by atoms with Gasteiger partial charge in [0.1, 0.15) is 5.75 Å². The van der Waals surface area contributed by atoms with Crippen LogP contribution >= 0.6 is 0 Å². The van der Waals surface area contributed by atoms with Gasteiger partial charge in [0.15, 0.2) is 0 Å². The summed E-state index contributed by atoms with van der Waals surface area (Å²) in [4.78, 5) is 0. The number of hydrogen-bond acceptors (Lipinski definition) is 2. The fraction of sp³-hybridized carbons (Fsp3) is 0.368. The number of ether oxygens (including phenoxy) is 1. The first-order valence-corrected chi connectivity index (χ1v) is 7.56. The van der Waals surface area contributed by atoms with Gasteiger partial charge in [-0.1, -0.05) is 55.5 Å². The van der Waals surface area contributed by atoms with E-state index in [-0.39, 0.29) is 5.41 Å². The minimum atomic E-state index is -0.664. The molecule has 1 aliphatic carbocycles. The second-order valence-electron chi connectivity index (χ2n) is 6.36. The van der Waals surface area contributed by atoms with Crippen LogP contribution in [0.25, 0.3) is 0 Å². The zero-order valence-electron chi connectivity index (χ0n) is 12.5. The Morgan fingerprint density at radius 3 is 2.14 bits per heavy atom. The summed E-state index contributed by atoms with van der Waals surface area (Å²) in [5, 5.41) is 11.0. The summed E-state index contributed by atoms with van der Waals surface area (Å²) < 4.78 is 5.89. The molecule has 0 amide bonds. The van der Waals surface area contributed by atoms with Gasteiger partial charge in [0.25, 0.3) is 0 Å². The Balaban J connectivity index is 1.66. The van der Waals surface area contributed by atoms with Crippen LogP contribution in [0.1, 0.15) is 25.3 Å². The van der Waals surface area contributed by atoms with Gasteiger partial charge in [-0.3, -0.25) is 0 Å². The van der Waals surface area contributed by atoms with Gasteiger partial charge >= 0.3 is 0 Å². The summed E-state index contributed by atoms with van der Waals surface area (Å²) in [6.45, 7) is 2.68. The van der Waals surface area contributed by atoms with E-state index in [1.165, 1.54) is 5.56 Å². The molecule has 3 rings (SSSR count). The van der Waals surface area contributed by atoms with Crippen LogP contribution in [0.2, 0.25) is 0 Å². The third-order valence-corrected chi connectivity index (χ3v) is 4.85. The number of para-hydroxylation sites is 1. The molecule has 2 aromatic rings. The van der Waals surface area contributed by atoms with Gasteiger partial charge in [-0.2, -0.15) is 0 Å². The smallest absolute Gasteiger partial charge is 0.119 e. The van der Waals surface area contributed by atoms with E-state index in [0.717, 1.165) is 18.6 Å². The number of benzene rings is 2. The Bertz CT molecular complexity index is 581. The molecule has 0 spiro atoms. The summed E-state index contributed by atoms with van der Waals surface area (Å²) in [6.07, 6.45) is 2.54. The van der Waals surface area contributed by atoms with Crippen LogP contribution in [0.3, 0.4) is 0 Å². The van der Waals surface area contributed by atoms with Gasteiger partial charge in [0.05, 0.1) is 12.2 Å². The predicted octanol–water partition coefficient (Wildman–Crippen LogP) is 3.84. The first-order chi connectivity index (χ1) is 10.1. The molecule has 110 valence electrons. The highest BCUT2D eigenvalue weighted by molar-refractivity contribution is 5.23. The van der Waals surface area contributed by atoms with Crippen LogP contribution in [0, 0.1) is 5.41 Å². The van der Waals surface area contributed by atoms with Crippen molar-refractivity contribution in [2.24, 2.45) is 5.41 Å². The monoisotopic (exact) mass is 282 g/mol. The second kappa shape index (κ2) is 5.53. The van der Waals surface area contributed by atoms with Crippen LogP contribution in [-0.4, -0.2) is 17.3 Å². The minimum absolute atomic E-state index is 0.182. The third-order valence-electron chi connectivity index (χ3n) is 4.85. The normalized spacial score (nSPS) is 27.9. The van der Waals surface area contributed by atoms with Crippen molar-refractivity contribution in [1.29, 1.82) is 0 Å². The van der Waals surface area contributed by atoms with Crippen molar-refractivity contribution < 1.29 is 9.84 Å². The summed E-state index contributed by atoms with van der Waals surface area (Å²) in [7, 11) is 0. The quantitative estimate of drug-likeness (QED) is 0.903. The largest absolute Gasteiger partial charge is 0.493 e. The fourth-order valence-electron chi connectivity index (χ4n) is 3.04. The molecule has 2 heteroatoms. The Labute approximate surface area is 126 Å². The van der Waals surface area contributed by atoms with Crippen molar-refractivity contribution in [2.45, 2.75) is 31.8 Å². The zero-order chi connectivity index (χ0) is 14.8. The summed E-state index contributed by atoms with van der Waals surface area (Å²) in [5.41, 5.74) is 0.340. The molecule has 1 saturated carbocycles. The Hall–Kier alpha value is -1.80. The maximum Gasteiger partial charge on any atom is 0.119 e. The van der Waals surface area contributed by atoms with Crippen LogP contribution in [-0.2, 0) is 6.42 Å². The maximum atomic E-state index is 11.0. The number of hydrogen-bond donors (Lipinski definition) is 1. The van der Waals surface area contributed by atoms with Gasteiger partial charge in [0, 0.05) is 11.8 Å². The van der Waals surface area contributed by atoms with E-state index in [4.69, 9.17) is 4.74 Å². The van der Waals surface area contributed by atoms with Crippen LogP contribution < -0.4 is 4.74 Å². The Morgan fingerprint density at radius 2 is 1.57 bits per heavy atom. The van der Waals surface area contributed by atoms with Crippen LogP contribution in [0.5, 0.6) is 5.75 Å². The van der Waals surface area contributed by atoms with E-state index in [1.807, 2.05) is 48.5 Å². The molecule has 0 aromatic heterocycles. The van der Waals surface area contributed by atoms with Crippen molar-refractivity contribution >= 4 is 0 Å². The molecule has 21 heavy (non-hydrogen) atoms. The molecule has 2 nitrogen and oxygen atoms in total. The van der Waals surface area contributed by atoms with Crippen molar-refractivity contribution in [3.63, 3.8) is 0 Å². The molecule has 2 aromatic carbocycles.